The average Bonchev–Trinajstić information content (AvgIpc) is 3.13. The van der Waals surface area contributed by atoms with Gasteiger partial charge in [-0.2, -0.15) is 0 Å². The van der Waals surface area contributed by atoms with Crippen LogP contribution in [0.5, 0.6) is 0 Å². The molecule has 6 nitrogen and oxygen atoms in total. The first-order valence-electron chi connectivity index (χ1n) is 7.99. The number of anilines is 2. The summed E-state index contributed by atoms with van der Waals surface area (Å²) in [5.74, 6) is -1.25. The van der Waals surface area contributed by atoms with E-state index in [1.165, 1.54) is 6.92 Å². The molecule has 0 saturated carbocycles. The minimum Gasteiger partial charge on any atom is -0.293 e. The monoisotopic (exact) mass is 367 g/mol. The number of allylic oxidation sites excluding steroid dienone is 1. The van der Waals surface area contributed by atoms with E-state index in [1.807, 2.05) is 18.2 Å². The fourth-order valence-corrected chi connectivity index (χ4v) is 3.43. The van der Waals surface area contributed by atoms with E-state index in [9.17, 15) is 14.4 Å². The molecule has 2 aliphatic heterocycles. The van der Waals surface area contributed by atoms with Gasteiger partial charge in [-0.05, 0) is 30.3 Å². The summed E-state index contributed by atoms with van der Waals surface area (Å²) in [6.45, 7) is 1.36. The number of Topliss-reactive ketones (excluding diaryl/α,β-unsaturated/α-hetero) is 1. The van der Waals surface area contributed by atoms with Gasteiger partial charge in [0.2, 0.25) is 0 Å². The zero-order chi connectivity index (χ0) is 18.4. The Bertz CT molecular complexity index is 971. The van der Waals surface area contributed by atoms with Crippen LogP contribution in [-0.2, 0) is 14.4 Å². The lowest BCUT2D eigenvalue weighted by molar-refractivity contribution is -0.121. The van der Waals surface area contributed by atoms with Crippen molar-refractivity contribution in [1.82, 2.24) is 5.43 Å². The van der Waals surface area contributed by atoms with E-state index in [1.54, 1.807) is 41.4 Å². The van der Waals surface area contributed by atoms with Crippen molar-refractivity contribution in [3.63, 3.8) is 0 Å². The van der Waals surface area contributed by atoms with Gasteiger partial charge in [-0.15, -0.1) is 0 Å². The minimum atomic E-state index is -0.900. The van der Waals surface area contributed by atoms with Gasteiger partial charge >= 0.3 is 0 Å². The van der Waals surface area contributed by atoms with Gasteiger partial charge < -0.3 is 0 Å². The molecule has 130 valence electrons. The van der Waals surface area contributed by atoms with Gasteiger partial charge in [-0.25, -0.2) is 4.90 Å². The van der Waals surface area contributed by atoms with Gasteiger partial charge in [0.25, 0.3) is 11.8 Å². The van der Waals surface area contributed by atoms with Crippen LogP contribution in [0.4, 0.5) is 11.4 Å². The third-order valence-electron chi connectivity index (χ3n) is 4.37. The standard InChI is InChI=1S/C19H14ClN3O3/c1-11(24)16-15-17(23(21-16)13-7-3-2-4-8-13)19(26)22(18(15)25)14-9-5-6-12(20)10-14/h2-10,17,21H,1H3/t17-/m1/s1. The van der Waals surface area contributed by atoms with E-state index in [-0.39, 0.29) is 17.1 Å². The SMILES string of the molecule is CC(=O)C1=C2C(=O)N(c3cccc(Cl)c3)C(=O)[C@@H]2N(c2ccccc2)N1. The predicted molar refractivity (Wildman–Crippen MR) is 97.5 cm³/mol. The Morgan fingerprint density at radius 1 is 1.04 bits per heavy atom. The maximum Gasteiger partial charge on any atom is 0.266 e. The van der Waals surface area contributed by atoms with E-state index >= 15 is 0 Å². The Morgan fingerprint density at radius 2 is 1.73 bits per heavy atom. The number of hydrogen-bond acceptors (Lipinski definition) is 5. The minimum absolute atomic E-state index is 0.140. The van der Waals surface area contributed by atoms with Gasteiger partial charge in [0, 0.05) is 11.9 Å². The molecular weight excluding hydrogens is 354 g/mol. The zero-order valence-corrected chi connectivity index (χ0v) is 14.5. The molecule has 0 bridgehead atoms. The number of carbonyl (C=O) groups excluding carboxylic acids is 3. The summed E-state index contributed by atoms with van der Waals surface area (Å²) in [5.41, 5.74) is 4.28. The fraction of sp³-hybridized carbons (Fsp3) is 0.105. The molecule has 7 heteroatoms. The molecule has 2 aliphatic rings. The van der Waals surface area contributed by atoms with Gasteiger partial charge in [0.15, 0.2) is 11.8 Å². The van der Waals surface area contributed by atoms with Crippen LogP contribution in [0.2, 0.25) is 5.02 Å². The van der Waals surface area contributed by atoms with E-state index in [4.69, 9.17) is 11.6 Å². The second-order valence-electron chi connectivity index (χ2n) is 6.02. The molecule has 0 aromatic heterocycles. The Hall–Kier alpha value is -3.12. The topological polar surface area (TPSA) is 69.7 Å². The van der Waals surface area contributed by atoms with E-state index in [0.29, 0.717) is 16.4 Å². The summed E-state index contributed by atoms with van der Waals surface area (Å²) in [6.07, 6.45) is 0. The maximum atomic E-state index is 13.1. The molecule has 1 saturated heterocycles. The Kier molecular flexibility index (Phi) is 3.77. The molecule has 1 fully saturated rings. The summed E-state index contributed by atoms with van der Waals surface area (Å²) in [6, 6.07) is 14.7. The molecule has 2 aromatic carbocycles. The van der Waals surface area contributed by atoms with Crippen LogP contribution in [0.25, 0.3) is 0 Å². The van der Waals surface area contributed by atoms with Gasteiger partial charge in [-0.3, -0.25) is 24.8 Å². The number of nitrogens with one attached hydrogen (secondary N) is 1. The summed E-state index contributed by atoms with van der Waals surface area (Å²) >= 11 is 6.00. The summed E-state index contributed by atoms with van der Waals surface area (Å²) < 4.78 is 0. The molecule has 26 heavy (non-hydrogen) atoms. The van der Waals surface area contributed by atoms with Crippen LogP contribution < -0.4 is 15.3 Å². The van der Waals surface area contributed by atoms with E-state index < -0.39 is 17.9 Å². The van der Waals surface area contributed by atoms with Crippen molar-refractivity contribution in [2.75, 3.05) is 9.91 Å². The maximum absolute atomic E-state index is 13.1. The van der Waals surface area contributed by atoms with Gasteiger partial charge in [0.1, 0.15) is 5.70 Å². The highest BCUT2D eigenvalue weighted by atomic mass is 35.5. The number of halogens is 1. The average molecular weight is 368 g/mol. The molecule has 1 N–H and O–H groups in total. The highest BCUT2D eigenvalue weighted by molar-refractivity contribution is 6.35. The Labute approximate surface area is 154 Å². The Morgan fingerprint density at radius 3 is 2.38 bits per heavy atom. The molecule has 1 atom stereocenters. The van der Waals surface area contributed by atoms with E-state index in [2.05, 4.69) is 5.43 Å². The van der Waals surface area contributed by atoms with Crippen molar-refractivity contribution >= 4 is 40.6 Å². The highest BCUT2D eigenvalue weighted by Gasteiger charge is 2.53. The lowest BCUT2D eigenvalue weighted by Crippen LogP contribution is -2.46. The molecular formula is C19H14ClN3O3. The van der Waals surface area contributed by atoms with Crippen molar-refractivity contribution < 1.29 is 14.4 Å². The third-order valence-corrected chi connectivity index (χ3v) is 4.61. The Balaban J connectivity index is 1.83. The number of hydrazine groups is 1. The van der Waals surface area contributed by atoms with Crippen molar-refractivity contribution in [2.45, 2.75) is 13.0 Å². The summed E-state index contributed by atoms with van der Waals surface area (Å²) in [4.78, 5) is 39.2. The number of amides is 2. The zero-order valence-electron chi connectivity index (χ0n) is 13.8. The quantitative estimate of drug-likeness (QED) is 0.844. The van der Waals surface area contributed by atoms with Crippen molar-refractivity contribution in [2.24, 2.45) is 0 Å². The smallest absolute Gasteiger partial charge is 0.266 e. The van der Waals surface area contributed by atoms with Crippen molar-refractivity contribution in [3.8, 4) is 0 Å². The lowest BCUT2D eigenvalue weighted by atomic mass is 10.1. The van der Waals surface area contributed by atoms with Crippen LogP contribution in [0.15, 0.2) is 65.9 Å². The first kappa shape index (κ1) is 16.4. The van der Waals surface area contributed by atoms with Crippen molar-refractivity contribution in [1.29, 1.82) is 0 Å². The first-order valence-corrected chi connectivity index (χ1v) is 8.36. The molecule has 4 rings (SSSR count). The fourth-order valence-electron chi connectivity index (χ4n) is 3.24. The number of carbonyl (C=O) groups is 3. The lowest BCUT2D eigenvalue weighted by Gasteiger charge is -2.26. The number of para-hydroxylation sites is 1. The van der Waals surface area contributed by atoms with E-state index in [0.717, 1.165) is 4.90 Å². The summed E-state index contributed by atoms with van der Waals surface area (Å²) in [5, 5.41) is 1.97. The molecule has 0 unspecified atom stereocenters. The largest absolute Gasteiger partial charge is 0.293 e. The number of imide groups is 1. The van der Waals surface area contributed by atoms with Crippen molar-refractivity contribution in [3.05, 3.63) is 70.9 Å². The van der Waals surface area contributed by atoms with Crippen LogP contribution in [0.1, 0.15) is 6.92 Å². The number of hydrogen-bond donors (Lipinski definition) is 1. The highest BCUT2D eigenvalue weighted by Crippen LogP contribution is 2.37. The van der Waals surface area contributed by atoms with Crippen LogP contribution in [0, 0.1) is 0 Å². The number of ketones is 1. The molecule has 0 spiro atoms. The van der Waals surface area contributed by atoms with Crippen LogP contribution >= 0.6 is 11.6 Å². The van der Waals surface area contributed by atoms with Gasteiger partial charge in [-0.1, -0.05) is 35.9 Å². The number of benzene rings is 2. The first-order chi connectivity index (χ1) is 12.5. The molecule has 0 aliphatic carbocycles. The summed E-state index contributed by atoms with van der Waals surface area (Å²) in [7, 11) is 0. The normalized spacial score (nSPS) is 19.1. The number of fused-ring (bicyclic) bond motifs is 1. The molecule has 2 aromatic rings. The van der Waals surface area contributed by atoms with Crippen LogP contribution in [0.3, 0.4) is 0 Å². The predicted octanol–water partition coefficient (Wildman–Crippen LogP) is 2.45. The third kappa shape index (κ3) is 2.38. The second kappa shape index (κ2) is 6.00. The number of rotatable bonds is 3. The molecule has 0 radical (unpaired) electrons. The molecule has 2 heterocycles. The molecule has 2 amide bonds. The van der Waals surface area contributed by atoms with Crippen LogP contribution in [-0.4, -0.2) is 23.6 Å². The second-order valence-corrected chi connectivity index (χ2v) is 6.46. The number of nitrogens with zero attached hydrogens (tertiary/aromatic N) is 2. The van der Waals surface area contributed by atoms with Gasteiger partial charge in [0.05, 0.1) is 16.9 Å².